The van der Waals surface area contributed by atoms with Gasteiger partial charge >= 0.3 is 0 Å². The number of aromatic nitrogens is 3. The van der Waals surface area contributed by atoms with E-state index < -0.39 is 0 Å². The summed E-state index contributed by atoms with van der Waals surface area (Å²) in [4.78, 5) is 4.28. The van der Waals surface area contributed by atoms with E-state index in [0.29, 0.717) is 17.2 Å². The second-order valence-electron chi connectivity index (χ2n) is 3.80. The number of nitrogens with zero attached hydrogens (tertiary/aromatic N) is 3. The van der Waals surface area contributed by atoms with Gasteiger partial charge in [-0.1, -0.05) is 6.92 Å². The van der Waals surface area contributed by atoms with Gasteiger partial charge in [-0.2, -0.15) is 5.10 Å². The fraction of sp³-hybridized carbons (Fsp3) is 0.778. The molecule has 0 bridgehead atoms. The highest BCUT2D eigenvalue weighted by Crippen LogP contribution is 2.40. The molecule has 0 saturated heterocycles. The van der Waals surface area contributed by atoms with Crippen LogP contribution in [0.5, 0.6) is 0 Å². The van der Waals surface area contributed by atoms with Gasteiger partial charge < -0.3 is 0 Å². The number of aryl methyl sites for hydroxylation is 1. The molecule has 2 rings (SSSR count). The van der Waals surface area contributed by atoms with Gasteiger partial charge in [0.05, 0.1) is 0 Å². The van der Waals surface area contributed by atoms with E-state index in [4.69, 9.17) is 11.6 Å². The minimum Gasteiger partial charge on any atom is -0.253 e. The number of alkyl halides is 1. The Morgan fingerprint density at radius 3 is 2.77 bits per heavy atom. The molecule has 3 nitrogen and oxygen atoms in total. The van der Waals surface area contributed by atoms with Gasteiger partial charge in [-0.15, -0.1) is 11.6 Å². The standard InChI is InChI=1S/C9H14ClN3/c1-6-7(3-4-8(6)10)9-11-5-12-13(9)2/h5-8H,3-4H2,1-2H3. The SMILES string of the molecule is CC1C(Cl)CCC1c1ncnn1C. The fourth-order valence-corrected chi connectivity index (χ4v) is 2.42. The Kier molecular flexibility index (Phi) is 2.28. The van der Waals surface area contributed by atoms with Crippen molar-refractivity contribution in [1.82, 2.24) is 14.8 Å². The molecule has 72 valence electrons. The molecule has 3 unspecified atom stereocenters. The lowest BCUT2D eigenvalue weighted by atomic mass is 9.97. The van der Waals surface area contributed by atoms with Crippen LogP contribution in [0.15, 0.2) is 6.33 Å². The van der Waals surface area contributed by atoms with E-state index in [0.717, 1.165) is 18.7 Å². The molecule has 1 heterocycles. The second-order valence-corrected chi connectivity index (χ2v) is 4.36. The predicted octanol–water partition coefficient (Wildman–Crippen LogP) is 1.94. The predicted molar refractivity (Wildman–Crippen MR) is 51.8 cm³/mol. The van der Waals surface area contributed by atoms with E-state index in [1.54, 1.807) is 6.33 Å². The summed E-state index contributed by atoms with van der Waals surface area (Å²) in [6.07, 6.45) is 3.85. The van der Waals surface area contributed by atoms with Gasteiger partial charge in [0.1, 0.15) is 12.2 Å². The molecule has 0 radical (unpaired) electrons. The van der Waals surface area contributed by atoms with Crippen LogP contribution in [0, 0.1) is 5.92 Å². The summed E-state index contributed by atoms with van der Waals surface area (Å²) in [5.41, 5.74) is 0. The third-order valence-corrected chi connectivity index (χ3v) is 3.65. The normalized spacial score (nSPS) is 33.9. The van der Waals surface area contributed by atoms with Crippen LogP contribution >= 0.6 is 11.6 Å². The maximum absolute atomic E-state index is 6.17. The van der Waals surface area contributed by atoms with Crippen LogP contribution < -0.4 is 0 Å². The molecule has 0 amide bonds. The number of hydrogen-bond acceptors (Lipinski definition) is 2. The second kappa shape index (κ2) is 3.29. The van der Waals surface area contributed by atoms with Crippen molar-refractivity contribution in [3.63, 3.8) is 0 Å². The zero-order valence-corrected chi connectivity index (χ0v) is 8.70. The first kappa shape index (κ1) is 9.00. The minimum atomic E-state index is 0.307. The Morgan fingerprint density at radius 2 is 2.31 bits per heavy atom. The molecule has 1 aliphatic carbocycles. The summed E-state index contributed by atoms with van der Waals surface area (Å²) in [7, 11) is 1.94. The highest BCUT2D eigenvalue weighted by atomic mass is 35.5. The highest BCUT2D eigenvalue weighted by Gasteiger charge is 2.34. The third kappa shape index (κ3) is 1.46. The first-order valence-corrected chi connectivity index (χ1v) is 5.11. The van der Waals surface area contributed by atoms with E-state index in [1.165, 1.54) is 0 Å². The summed E-state index contributed by atoms with van der Waals surface area (Å²) < 4.78 is 1.86. The van der Waals surface area contributed by atoms with E-state index in [-0.39, 0.29) is 0 Å². The Balaban J connectivity index is 2.23. The van der Waals surface area contributed by atoms with E-state index in [2.05, 4.69) is 17.0 Å². The van der Waals surface area contributed by atoms with Crippen LogP contribution in [0.25, 0.3) is 0 Å². The van der Waals surface area contributed by atoms with Crippen molar-refractivity contribution < 1.29 is 0 Å². The van der Waals surface area contributed by atoms with Crippen molar-refractivity contribution in [2.24, 2.45) is 13.0 Å². The van der Waals surface area contributed by atoms with Crippen molar-refractivity contribution >= 4 is 11.6 Å². The van der Waals surface area contributed by atoms with E-state index in [1.807, 2.05) is 11.7 Å². The Morgan fingerprint density at radius 1 is 1.54 bits per heavy atom. The van der Waals surface area contributed by atoms with Crippen LogP contribution in [0.2, 0.25) is 0 Å². The quantitative estimate of drug-likeness (QED) is 0.648. The average Bonchev–Trinajstić information content (AvgIpc) is 2.62. The van der Waals surface area contributed by atoms with Gasteiger partial charge in [-0.05, 0) is 18.8 Å². The maximum Gasteiger partial charge on any atom is 0.138 e. The van der Waals surface area contributed by atoms with Crippen molar-refractivity contribution in [2.75, 3.05) is 0 Å². The topological polar surface area (TPSA) is 30.7 Å². The molecule has 3 atom stereocenters. The maximum atomic E-state index is 6.17. The molecule has 0 aromatic carbocycles. The highest BCUT2D eigenvalue weighted by molar-refractivity contribution is 6.21. The summed E-state index contributed by atoms with van der Waals surface area (Å²) in [6.45, 7) is 2.20. The minimum absolute atomic E-state index is 0.307. The molecule has 0 spiro atoms. The number of hydrogen-bond donors (Lipinski definition) is 0. The zero-order chi connectivity index (χ0) is 9.42. The molecular weight excluding hydrogens is 186 g/mol. The Hall–Kier alpha value is -0.570. The van der Waals surface area contributed by atoms with Crippen LogP contribution in [0.1, 0.15) is 31.5 Å². The van der Waals surface area contributed by atoms with E-state index in [9.17, 15) is 0 Å². The van der Waals surface area contributed by atoms with Crippen molar-refractivity contribution in [3.05, 3.63) is 12.2 Å². The Bertz CT molecular complexity index is 297. The van der Waals surface area contributed by atoms with Crippen molar-refractivity contribution in [3.8, 4) is 0 Å². The molecule has 0 aliphatic heterocycles. The molecule has 1 aliphatic rings. The van der Waals surface area contributed by atoms with Gasteiger partial charge in [0.2, 0.25) is 0 Å². The van der Waals surface area contributed by atoms with Crippen LogP contribution in [-0.4, -0.2) is 20.1 Å². The molecule has 1 saturated carbocycles. The lowest BCUT2D eigenvalue weighted by Crippen LogP contribution is -2.13. The lowest BCUT2D eigenvalue weighted by molar-refractivity contribution is 0.490. The molecule has 1 aromatic heterocycles. The first-order valence-electron chi connectivity index (χ1n) is 4.68. The summed E-state index contributed by atoms with van der Waals surface area (Å²) in [5.74, 6) is 2.09. The monoisotopic (exact) mass is 199 g/mol. The number of halogens is 1. The van der Waals surface area contributed by atoms with Crippen molar-refractivity contribution in [1.29, 1.82) is 0 Å². The van der Waals surface area contributed by atoms with Crippen molar-refractivity contribution in [2.45, 2.75) is 31.1 Å². The first-order chi connectivity index (χ1) is 6.20. The summed E-state index contributed by atoms with van der Waals surface area (Å²) >= 11 is 6.17. The molecule has 1 fully saturated rings. The van der Waals surface area contributed by atoms with E-state index >= 15 is 0 Å². The molecule has 0 N–H and O–H groups in total. The van der Waals surface area contributed by atoms with Crippen LogP contribution in [0.3, 0.4) is 0 Å². The fourth-order valence-electron chi connectivity index (χ4n) is 2.12. The average molecular weight is 200 g/mol. The molecule has 4 heteroatoms. The third-order valence-electron chi connectivity index (χ3n) is 3.04. The molecular formula is C9H14ClN3. The lowest BCUT2D eigenvalue weighted by Gasteiger charge is -2.15. The van der Waals surface area contributed by atoms with Gasteiger partial charge in [0.25, 0.3) is 0 Å². The zero-order valence-electron chi connectivity index (χ0n) is 7.94. The smallest absolute Gasteiger partial charge is 0.138 e. The summed E-state index contributed by atoms with van der Waals surface area (Å²) in [5, 5.41) is 4.39. The van der Waals surface area contributed by atoms with Gasteiger partial charge in [-0.3, -0.25) is 4.68 Å². The Labute approximate surface area is 83.1 Å². The largest absolute Gasteiger partial charge is 0.253 e. The van der Waals surface area contributed by atoms with Crippen LogP contribution in [-0.2, 0) is 7.05 Å². The van der Waals surface area contributed by atoms with Gasteiger partial charge in [0.15, 0.2) is 0 Å². The molecule has 1 aromatic rings. The van der Waals surface area contributed by atoms with Gasteiger partial charge in [-0.25, -0.2) is 4.98 Å². The molecule has 13 heavy (non-hydrogen) atoms. The van der Waals surface area contributed by atoms with Crippen LogP contribution in [0.4, 0.5) is 0 Å². The van der Waals surface area contributed by atoms with Gasteiger partial charge in [0, 0.05) is 18.3 Å². The number of rotatable bonds is 1. The summed E-state index contributed by atoms with van der Waals surface area (Å²) in [6, 6.07) is 0.